The van der Waals surface area contributed by atoms with Crippen LogP contribution in [0.1, 0.15) is 48.1 Å². The Bertz CT molecular complexity index is 1200. The molecule has 2 N–H and O–H groups in total. The number of hydrogen-bond donors (Lipinski definition) is 2. The van der Waals surface area contributed by atoms with E-state index < -0.39 is 0 Å². The largest absolute Gasteiger partial charge is 0.342 e. The molecular formula is C24H25N5O. The van der Waals surface area contributed by atoms with Gasteiger partial charge in [0.25, 0.3) is 5.91 Å². The lowest BCUT2D eigenvalue weighted by Gasteiger charge is -2.14. The predicted octanol–water partition coefficient (Wildman–Crippen LogP) is 4.47. The van der Waals surface area contributed by atoms with Gasteiger partial charge in [-0.25, -0.2) is 5.43 Å². The van der Waals surface area contributed by atoms with Crippen LogP contribution in [0.5, 0.6) is 0 Å². The first kappa shape index (κ1) is 19.6. The molecule has 2 heterocycles. The summed E-state index contributed by atoms with van der Waals surface area (Å²) in [6.45, 7) is 6.95. The highest BCUT2D eigenvalue weighted by Crippen LogP contribution is 2.22. The third-order valence-corrected chi connectivity index (χ3v) is 5.00. The average molecular weight is 399 g/mol. The molecule has 30 heavy (non-hydrogen) atoms. The standard InChI is InChI=1S/C24H25N5O/c1-24(2,3)22-13-20(26-27-22)23(30)28-25-14-18-16-29(15-17-9-5-4-6-10-17)21-12-8-7-11-19(18)21/h4-14,16H,15H2,1-3H3,(H,26,27)(H,28,30)/b25-14-. The first-order chi connectivity index (χ1) is 14.4. The molecule has 0 fully saturated rings. The second-order valence-electron chi connectivity index (χ2n) is 8.33. The Kier molecular flexibility index (Phi) is 5.23. The zero-order valence-electron chi connectivity index (χ0n) is 17.4. The molecule has 0 aliphatic rings. The van der Waals surface area contributed by atoms with Crippen LogP contribution >= 0.6 is 0 Å². The zero-order chi connectivity index (χ0) is 21.1. The first-order valence-corrected chi connectivity index (χ1v) is 9.93. The summed E-state index contributed by atoms with van der Waals surface area (Å²) in [6.07, 6.45) is 3.73. The van der Waals surface area contributed by atoms with E-state index in [0.717, 1.165) is 28.7 Å². The molecule has 0 saturated heterocycles. The highest BCUT2D eigenvalue weighted by Gasteiger charge is 2.19. The second-order valence-corrected chi connectivity index (χ2v) is 8.33. The summed E-state index contributed by atoms with van der Waals surface area (Å²) in [7, 11) is 0. The lowest BCUT2D eigenvalue weighted by atomic mass is 9.92. The van der Waals surface area contributed by atoms with Crippen molar-refractivity contribution < 1.29 is 4.79 Å². The Labute approximate surface area is 175 Å². The van der Waals surface area contributed by atoms with Gasteiger partial charge in [0.2, 0.25) is 0 Å². The van der Waals surface area contributed by atoms with E-state index in [1.165, 1.54) is 5.56 Å². The third-order valence-electron chi connectivity index (χ3n) is 5.00. The SMILES string of the molecule is CC(C)(C)c1cc(C(=O)N/N=C\c2cn(Cc3ccccc3)c3ccccc23)n[nH]1. The molecule has 6 heteroatoms. The van der Waals surface area contributed by atoms with E-state index in [9.17, 15) is 4.79 Å². The zero-order valence-corrected chi connectivity index (χ0v) is 17.4. The lowest BCUT2D eigenvalue weighted by molar-refractivity contribution is 0.0950. The minimum Gasteiger partial charge on any atom is -0.342 e. The number of aromatic nitrogens is 3. The molecule has 0 spiro atoms. The third kappa shape index (κ3) is 4.17. The van der Waals surface area contributed by atoms with Gasteiger partial charge in [-0.15, -0.1) is 0 Å². The van der Waals surface area contributed by atoms with E-state index in [0.29, 0.717) is 5.69 Å². The number of carbonyl (C=O) groups excluding carboxylic acids is 1. The van der Waals surface area contributed by atoms with E-state index in [-0.39, 0.29) is 11.3 Å². The van der Waals surface area contributed by atoms with Gasteiger partial charge in [0, 0.05) is 40.3 Å². The molecule has 0 aliphatic carbocycles. The van der Waals surface area contributed by atoms with Gasteiger partial charge in [-0.1, -0.05) is 69.3 Å². The number of para-hydroxylation sites is 1. The summed E-state index contributed by atoms with van der Waals surface area (Å²) < 4.78 is 2.19. The molecule has 6 nitrogen and oxygen atoms in total. The summed E-state index contributed by atoms with van der Waals surface area (Å²) in [5.74, 6) is -0.342. The molecule has 0 aliphatic heterocycles. The fourth-order valence-corrected chi connectivity index (χ4v) is 3.33. The maximum absolute atomic E-state index is 12.4. The van der Waals surface area contributed by atoms with Crippen molar-refractivity contribution in [3.63, 3.8) is 0 Å². The van der Waals surface area contributed by atoms with Crippen molar-refractivity contribution in [2.24, 2.45) is 5.10 Å². The Morgan fingerprint density at radius 3 is 2.60 bits per heavy atom. The number of aromatic amines is 1. The summed E-state index contributed by atoms with van der Waals surface area (Å²) in [4.78, 5) is 12.4. The van der Waals surface area contributed by atoms with Gasteiger partial charge in [0.1, 0.15) is 0 Å². The summed E-state index contributed by atoms with van der Waals surface area (Å²) in [5, 5.41) is 12.3. The summed E-state index contributed by atoms with van der Waals surface area (Å²) >= 11 is 0. The molecule has 1 amide bonds. The van der Waals surface area contributed by atoms with E-state index in [2.05, 4.69) is 76.5 Å². The molecule has 4 rings (SSSR count). The van der Waals surface area contributed by atoms with Gasteiger partial charge >= 0.3 is 0 Å². The maximum atomic E-state index is 12.4. The van der Waals surface area contributed by atoms with Gasteiger partial charge in [0.05, 0.1) is 6.21 Å². The number of H-pyrrole nitrogens is 1. The van der Waals surface area contributed by atoms with Crippen LogP contribution in [-0.2, 0) is 12.0 Å². The van der Waals surface area contributed by atoms with Crippen LogP contribution in [0.2, 0.25) is 0 Å². The number of hydrogen-bond acceptors (Lipinski definition) is 3. The van der Waals surface area contributed by atoms with E-state index in [1.807, 2.05) is 30.3 Å². The van der Waals surface area contributed by atoms with Crippen molar-refractivity contribution in [3.05, 3.63) is 89.4 Å². The van der Waals surface area contributed by atoms with Gasteiger partial charge in [0.15, 0.2) is 5.69 Å². The smallest absolute Gasteiger partial charge is 0.291 e. The highest BCUT2D eigenvalue weighted by atomic mass is 16.2. The number of nitrogens with one attached hydrogen (secondary N) is 2. The van der Waals surface area contributed by atoms with Crippen LogP contribution < -0.4 is 5.43 Å². The number of carbonyl (C=O) groups is 1. The molecule has 0 radical (unpaired) electrons. The molecule has 152 valence electrons. The minimum atomic E-state index is -0.342. The molecule has 0 atom stereocenters. The van der Waals surface area contributed by atoms with Crippen LogP contribution in [0.15, 0.2) is 72.0 Å². The second kappa shape index (κ2) is 7.99. The van der Waals surface area contributed by atoms with Crippen LogP contribution in [-0.4, -0.2) is 26.9 Å². The monoisotopic (exact) mass is 399 g/mol. The Morgan fingerprint density at radius 2 is 1.87 bits per heavy atom. The number of benzene rings is 2. The Hall–Kier alpha value is -3.67. The van der Waals surface area contributed by atoms with E-state index >= 15 is 0 Å². The average Bonchev–Trinajstić information content (AvgIpc) is 3.35. The van der Waals surface area contributed by atoms with Crippen molar-refractivity contribution in [2.75, 3.05) is 0 Å². The molecule has 0 bridgehead atoms. The topological polar surface area (TPSA) is 75.1 Å². The van der Waals surface area contributed by atoms with E-state index in [1.54, 1.807) is 12.3 Å². The van der Waals surface area contributed by atoms with Crippen LogP contribution in [0.4, 0.5) is 0 Å². The van der Waals surface area contributed by atoms with Crippen molar-refractivity contribution in [1.82, 2.24) is 20.2 Å². The van der Waals surface area contributed by atoms with Crippen LogP contribution in [0.25, 0.3) is 10.9 Å². The fourth-order valence-electron chi connectivity index (χ4n) is 3.33. The maximum Gasteiger partial charge on any atom is 0.291 e. The van der Waals surface area contributed by atoms with Gasteiger partial charge in [-0.3, -0.25) is 9.89 Å². The van der Waals surface area contributed by atoms with Crippen molar-refractivity contribution in [1.29, 1.82) is 0 Å². The number of nitrogens with zero attached hydrogens (tertiary/aromatic N) is 3. The minimum absolute atomic E-state index is 0.102. The fraction of sp³-hybridized carbons (Fsp3) is 0.208. The van der Waals surface area contributed by atoms with Crippen molar-refractivity contribution >= 4 is 23.0 Å². The molecule has 2 aromatic carbocycles. The first-order valence-electron chi connectivity index (χ1n) is 9.93. The molecular weight excluding hydrogens is 374 g/mol. The number of hydrazone groups is 1. The summed E-state index contributed by atoms with van der Waals surface area (Å²) in [6, 6.07) is 20.3. The van der Waals surface area contributed by atoms with Crippen LogP contribution in [0, 0.1) is 0 Å². The number of rotatable bonds is 5. The normalized spacial score (nSPS) is 12.0. The van der Waals surface area contributed by atoms with E-state index in [4.69, 9.17) is 0 Å². The predicted molar refractivity (Wildman–Crippen MR) is 120 cm³/mol. The molecule has 0 saturated carbocycles. The van der Waals surface area contributed by atoms with Gasteiger partial charge < -0.3 is 4.57 Å². The number of amides is 1. The van der Waals surface area contributed by atoms with Crippen molar-refractivity contribution in [2.45, 2.75) is 32.7 Å². The Morgan fingerprint density at radius 1 is 1.13 bits per heavy atom. The van der Waals surface area contributed by atoms with Gasteiger partial charge in [-0.2, -0.15) is 10.2 Å². The molecule has 4 aromatic rings. The van der Waals surface area contributed by atoms with Gasteiger partial charge in [-0.05, 0) is 17.7 Å². The van der Waals surface area contributed by atoms with Crippen molar-refractivity contribution in [3.8, 4) is 0 Å². The quantitative estimate of drug-likeness (QED) is 0.384. The Balaban J connectivity index is 1.53. The summed E-state index contributed by atoms with van der Waals surface area (Å²) in [5.41, 5.74) is 6.99. The lowest BCUT2D eigenvalue weighted by Crippen LogP contribution is -2.18. The highest BCUT2D eigenvalue weighted by molar-refractivity contribution is 6.00. The van der Waals surface area contributed by atoms with Crippen LogP contribution in [0.3, 0.4) is 0 Å². The molecule has 0 unspecified atom stereocenters. The number of fused-ring (bicyclic) bond motifs is 1. The molecule has 2 aromatic heterocycles.